The number of imidazole rings is 1. The van der Waals surface area contributed by atoms with E-state index in [2.05, 4.69) is 5.32 Å². The van der Waals surface area contributed by atoms with Gasteiger partial charge in [0.1, 0.15) is 6.54 Å². The minimum atomic E-state index is -4.13. The summed E-state index contributed by atoms with van der Waals surface area (Å²) in [4.78, 5) is 25.2. The Kier molecular flexibility index (Phi) is 6.68. The fourth-order valence-corrected chi connectivity index (χ4v) is 5.67. The van der Waals surface area contributed by atoms with Gasteiger partial charge in [-0.3, -0.25) is 18.2 Å². The highest BCUT2D eigenvalue weighted by atomic mass is 35.5. The Morgan fingerprint density at radius 1 is 0.914 bits per heavy atom. The van der Waals surface area contributed by atoms with Gasteiger partial charge in [-0.2, -0.15) is 0 Å². The Labute approximate surface area is 212 Å². The van der Waals surface area contributed by atoms with Crippen LogP contribution in [0.15, 0.2) is 70.4 Å². The molecule has 0 bridgehead atoms. The van der Waals surface area contributed by atoms with Gasteiger partial charge in [-0.25, -0.2) is 13.2 Å². The number of anilines is 2. The lowest BCUT2D eigenvalue weighted by Gasteiger charge is -2.24. The van der Waals surface area contributed by atoms with Crippen LogP contribution in [-0.2, 0) is 28.9 Å². The van der Waals surface area contributed by atoms with Crippen LogP contribution in [0.2, 0.25) is 10.0 Å². The molecule has 0 saturated heterocycles. The molecule has 0 saturated carbocycles. The molecule has 0 spiro atoms. The maximum absolute atomic E-state index is 13.5. The summed E-state index contributed by atoms with van der Waals surface area (Å²) >= 11 is 12.3. The highest BCUT2D eigenvalue weighted by Crippen LogP contribution is 2.30. The molecule has 0 unspecified atom stereocenters. The lowest BCUT2D eigenvalue weighted by molar-refractivity contribution is -0.114. The van der Waals surface area contributed by atoms with Gasteiger partial charge in [0, 0.05) is 29.8 Å². The number of nitrogens with one attached hydrogen (secondary N) is 1. The Morgan fingerprint density at radius 2 is 1.51 bits per heavy atom. The van der Waals surface area contributed by atoms with E-state index in [0.29, 0.717) is 16.7 Å². The highest BCUT2D eigenvalue weighted by Gasteiger charge is 2.28. The van der Waals surface area contributed by atoms with Gasteiger partial charge in [0.25, 0.3) is 10.0 Å². The number of nitrogens with zero attached hydrogens (tertiary/aromatic N) is 3. The summed E-state index contributed by atoms with van der Waals surface area (Å²) in [5, 5.41) is 3.17. The van der Waals surface area contributed by atoms with Gasteiger partial charge in [-0.1, -0.05) is 40.9 Å². The molecular formula is C24H22Cl2N4O4S. The first-order valence-corrected chi connectivity index (χ1v) is 12.7. The van der Waals surface area contributed by atoms with Crippen LogP contribution < -0.4 is 15.3 Å². The van der Waals surface area contributed by atoms with Gasteiger partial charge < -0.3 is 5.32 Å². The number of benzene rings is 3. The number of rotatable bonds is 6. The van der Waals surface area contributed by atoms with Crippen molar-refractivity contribution in [3.8, 4) is 0 Å². The zero-order valence-corrected chi connectivity index (χ0v) is 21.4. The van der Waals surface area contributed by atoms with E-state index < -0.39 is 22.5 Å². The summed E-state index contributed by atoms with van der Waals surface area (Å²) in [5.41, 5.74) is 2.59. The lowest BCUT2D eigenvalue weighted by Crippen LogP contribution is -2.38. The number of hydrogen-bond acceptors (Lipinski definition) is 4. The maximum Gasteiger partial charge on any atom is 0.328 e. The molecule has 1 heterocycles. The third-order valence-corrected chi connectivity index (χ3v) is 7.81. The van der Waals surface area contributed by atoms with Crippen molar-refractivity contribution < 1.29 is 13.2 Å². The second-order valence-electron chi connectivity index (χ2n) is 8.10. The number of amides is 1. The topological polar surface area (TPSA) is 93.4 Å². The van der Waals surface area contributed by atoms with Crippen molar-refractivity contribution in [1.82, 2.24) is 9.13 Å². The molecule has 1 N–H and O–H groups in total. The molecule has 0 aliphatic rings. The van der Waals surface area contributed by atoms with Gasteiger partial charge in [0.05, 0.1) is 21.6 Å². The van der Waals surface area contributed by atoms with Crippen molar-refractivity contribution in [2.24, 2.45) is 14.1 Å². The molecule has 35 heavy (non-hydrogen) atoms. The van der Waals surface area contributed by atoms with Crippen LogP contribution in [0.4, 0.5) is 11.4 Å². The van der Waals surface area contributed by atoms with Crippen molar-refractivity contribution in [1.29, 1.82) is 0 Å². The number of carbonyl (C=O) groups excluding carboxylic acids is 1. The van der Waals surface area contributed by atoms with Gasteiger partial charge in [0.2, 0.25) is 5.91 Å². The highest BCUT2D eigenvalue weighted by molar-refractivity contribution is 7.92. The van der Waals surface area contributed by atoms with Crippen LogP contribution in [0.25, 0.3) is 11.0 Å². The summed E-state index contributed by atoms with van der Waals surface area (Å²) < 4.78 is 31.0. The molecule has 0 radical (unpaired) electrons. The van der Waals surface area contributed by atoms with Crippen LogP contribution in [0.5, 0.6) is 0 Å². The number of fused-ring (bicyclic) bond motifs is 1. The molecular weight excluding hydrogens is 511 g/mol. The molecule has 182 valence electrons. The van der Waals surface area contributed by atoms with Crippen LogP contribution in [0, 0.1) is 6.92 Å². The summed E-state index contributed by atoms with van der Waals surface area (Å²) in [6, 6.07) is 15.7. The van der Waals surface area contributed by atoms with Crippen LogP contribution in [0.3, 0.4) is 0 Å². The number of hydrogen-bond donors (Lipinski definition) is 1. The normalized spacial score (nSPS) is 11.6. The van der Waals surface area contributed by atoms with Gasteiger partial charge in [0.15, 0.2) is 0 Å². The quantitative estimate of drug-likeness (QED) is 0.400. The van der Waals surface area contributed by atoms with Crippen LogP contribution >= 0.6 is 23.2 Å². The zero-order valence-electron chi connectivity index (χ0n) is 19.1. The largest absolute Gasteiger partial charge is 0.328 e. The molecule has 0 atom stereocenters. The summed E-state index contributed by atoms with van der Waals surface area (Å²) in [6.45, 7) is 1.32. The minimum absolute atomic E-state index is 0.0210. The molecule has 8 nitrogen and oxygen atoms in total. The molecule has 0 aliphatic carbocycles. The van der Waals surface area contributed by atoms with Crippen LogP contribution in [-0.4, -0.2) is 30.0 Å². The molecule has 1 aromatic heterocycles. The molecule has 4 aromatic rings. The first kappa shape index (κ1) is 24.8. The van der Waals surface area contributed by atoms with Crippen molar-refractivity contribution in [3.63, 3.8) is 0 Å². The van der Waals surface area contributed by atoms with E-state index in [0.717, 1.165) is 9.87 Å². The van der Waals surface area contributed by atoms with E-state index in [9.17, 15) is 18.0 Å². The molecule has 3 aromatic carbocycles. The predicted octanol–water partition coefficient (Wildman–Crippen LogP) is 4.33. The Morgan fingerprint density at radius 3 is 2.14 bits per heavy atom. The van der Waals surface area contributed by atoms with Crippen molar-refractivity contribution in [2.75, 3.05) is 16.2 Å². The monoisotopic (exact) mass is 532 g/mol. The Balaban J connectivity index is 1.69. The number of halogens is 2. The lowest BCUT2D eigenvalue weighted by atomic mass is 10.2. The fraction of sp³-hybridized carbons (Fsp3) is 0.167. The third-order valence-electron chi connectivity index (χ3n) is 5.59. The van der Waals surface area contributed by atoms with E-state index in [1.807, 2.05) is 6.92 Å². The van der Waals surface area contributed by atoms with Crippen molar-refractivity contribution in [2.45, 2.75) is 11.8 Å². The SMILES string of the molecule is Cc1ccc(S(=O)(=O)N(CC(=O)Nc2ccc3c(c2)n(C)c(=O)n3C)c2cc(Cl)cc(Cl)c2)cc1. The number of sulfonamides is 1. The summed E-state index contributed by atoms with van der Waals surface area (Å²) in [6.07, 6.45) is 0. The first-order chi connectivity index (χ1) is 16.5. The second kappa shape index (κ2) is 9.41. The second-order valence-corrected chi connectivity index (χ2v) is 10.8. The molecule has 4 rings (SSSR count). The summed E-state index contributed by atoms with van der Waals surface area (Å²) in [7, 11) is -0.835. The fourth-order valence-electron chi connectivity index (χ4n) is 3.75. The average Bonchev–Trinajstić information content (AvgIpc) is 3.00. The van der Waals surface area contributed by atoms with Crippen LogP contribution in [0.1, 0.15) is 5.56 Å². The summed E-state index contributed by atoms with van der Waals surface area (Å²) in [5.74, 6) is -0.586. The molecule has 1 amide bonds. The Hall–Kier alpha value is -3.27. The Bertz CT molecular complexity index is 1590. The number of carbonyl (C=O) groups is 1. The van der Waals surface area contributed by atoms with Gasteiger partial charge >= 0.3 is 5.69 Å². The van der Waals surface area contributed by atoms with Crippen molar-refractivity contribution >= 4 is 61.5 Å². The first-order valence-electron chi connectivity index (χ1n) is 10.5. The smallest absolute Gasteiger partial charge is 0.324 e. The zero-order chi connectivity index (χ0) is 25.5. The third kappa shape index (κ3) is 4.93. The average molecular weight is 533 g/mol. The van der Waals surface area contributed by atoms with Gasteiger partial charge in [-0.05, 0) is 55.5 Å². The van der Waals surface area contributed by atoms with E-state index in [1.165, 1.54) is 39.5 Å². The van der Waals surface area contributed by atoms with E-state index in [4.69, 9.17) is 23.2 Å². The number of aromatic nitrogens is 2. The van der Waals surface area contributed by atoms with E-state index in [-0.39, 0.29) is 26.3 Å². The molecule has 11 heteroatoms. The molecule has 0 aliphatic heterocycles. The standard InChI is InChI=1S/C24H22Cl2N4O4S/c1-15-4-7-20(8-5-15)35(33,34)30(19-11-16(25)10-17(26)12-19)14-23(31)27-18-6-9-21-22(13-18)29(3)24(32)28(21)2/h4-13H,14H2,1-3H3,(H,27,31). The van der Waals surface area contributed by atoms with Crippen molar-refractivity contribution in [3.05, 3.63) is 86.8 Å². The van der Waals surface area contributed by atoms with E-state index >= 15 is 0 Å². The van der Waals surface area contributed by atoms with Gasteiger partial charge in [-0.15, -0.1) is 0 Å². The predicted molar refractivity (Wildman–Crippen MR) is 139 cm³/mol. The van der Waals surface area contributed by atoms with E-state index in [1.54, 1.807) is 44.4 Å². The number of aryl methyl sites for hydroxylation is 3. The minimum Gasteiger partial charge on any atom is -0.324 e. The molecule has 0 fully saturated rings. The maximum atomic E-state index is 13.5.